The van der Waals surface area contributed by atoms with E-state index in [1.165, 1.54) is 32.1 Å². The molecule has 3 rings (SSSR count). The van der Waals surface area contributed by atoms with E-state index in [2.05, 4.69) is 5.32 Å². The molecule has 0 unspecified atom stereocenters. The number of nitrogens with one attached hydrogen (secondary N) is 1. The zero-order valence-electron chi connectivity index (χ0n) is 13.7. The Hall–Kier alpha value is -1.84. The fraction of sp³-hybridized carbons (Fsp3) is 0.579. The molecule has 2 aliphatic rings. The highest BCUT2D eigenvalue weighted by Gasteiger charge is 2.22. The molecule has 1 N–H and O–H groups in total. The molecule has 23 heavy (non-hydrogen) atoms. The molecule has 0 radical (unpaired) electrons. The van der Waals surface area contributed by atoms with Crippen LogP contribution >= 0.6 is 0 Å². The van der Waals surface area contributed by atoms with Gasteiger partial charge in [0.25, 0.3) is 5.91 Å². The summed E-state index contributed by atoms with van der Waals surface area (Å²) in [5.41, 5.74) is 1.50. The largest absolute Gasteiger partial charge is 0.349 e. The predicted molar refractivity (Wildman–Crippen MR) is 91.6 cm³/mol. The van der Waals surface area contributed by atoms with Crippen molar-refractivity contribution < 1.29 is 9.59 Å². The Bertz CT molecular complexity index is 562. The van der Waals surface area contributed by atoms with Crippen molar-refractivity contribution in [3.05, 3.63) is 29.8 Å². The molecule has 2 amide bonds. The zero-order valence-corrected chi connectivity index (χ0v) is 13.7. The summed E-state index contributed by atoms with van der Waals surface area (Å²) in [6.07, 6.45) is 9.95. The van der Waals surface area contributed by atoms with Gasteiger partial charge in [-0.3, -0.25) is 9.59 Å². The smallest absolute Gasteiger partial charge is 0.251 e. The molecular weight excluding hydrogens is 288 g/mol. The highest BCUT2D eigenvalue weighted by molar-refractivity contribution is 5.99. The Balaban J connectivity index is 1.65. The van der Waals surface area contributed by atoms with Crippen molar-refractivity contribution in [1.29, 1.82) is 0 Å². The number of amides is 2. The minimum atomic E-state index is -0.0101. The molecule has 1 aromatic rings. The third-order valence-electron chi connectivity index (χ3n) is 4.93. The molecule has 0 spiro atoms. The lowest BCUT2D eigenvalue weighted by Gasteiger charge is -2.21. The van der Waals surface area contributed by atoms with E-state index in [-0.39, 0.29) is 11.8 Å². The van der Waals surface area contributed by atoms with Gasteiger partial charge in [0.05, 0.1) is 0 Å². The first kappa shape index (κ1) is 16.0. The second-order valence-electron chi connectivity index (χ2n) is 6.71. The Labute approximate surface area is 138 Å². The van der Waals surface area contributed by atoms with Crippen LogP contribution in [0.3, 0.4) is 0 Å². The lowest BCUT2D eigenvalue weighted by Crippen LogP contribution is -2.35. The fourth-order valence-electron chi connectivity index (χ4n) is 3.61. The Morgan fingerprint density at radius 1 is 1.04 bits per heavy atom. The van der Waals surface area contributed by atoms with Crippen LogP contribution in [-0.2, 0) is 4.79 Å². The van der Waals surface area contributed by atoms with Gasteiger partial charge in [0.1, 0.15) is 0 Å². The summed E-state index contributed by atoms with van der Waals surface area (Å²) in [6.45, 7) is 0.756. The van der Waals surface area contributed by atoms with Gasteiger partial charge in [-0.2, -0.15) is 0 Å². The number of carbonyl (C=O) groups excluding carboxylic acids is 2. The SMILES string of the molecule is O=C(NC1CCCCCCC1)c1cccc(N2CCCC2=O)c1. The van der Waals surface area contributed by atoms with Crippen LogP contribution in [-0.4, -0.2) is 24.4 Å². The van der Waals surface area contributed by atoms with E-state index in [9.17, 15) is 9.59 Å². The van der Waals surface area contributed by atoms with Gasteiger partial charge in [0.2, 0.25) is 5.91 Å². The van der Waals surface area contributed by atoms with Crippen LogP contribution in [0.4, 0.5) is 5.69 Å². The summed E-state index contributed by atoms with van der Waals surface area (Å²) in [4.78, 5) is 26.2. The van der Waals surface area contributed by atoms with E-state index < -0.39 is 0 Å². The Morgan fingerprint density at radius 3 is 2.48 bits per heavy atom. The Kier molecular flexibility index (Phi) is 5.31. The maximum atomic E-state index is 12.5. The summed E-state index contributed by atoms with van der Waals surface area (Å²) in [7, 11) is 0. The molecule has 1 aromatic carbocycles. The maximum Gasteiger partial charge on any atom is 0.251 e. The van der Waals surface area contributed by atoms with Crippen LogP contribution in [0, 0.1) is 0 Å². The molecule has 4 heteroatoms. The first-order valence-electron chi connectivity index (χ1n) is 8.95. The molecule has 0 atom stereocenters. The second kappa shape index (κ2) is 7.62. The van der Waals surface area contributed by atoms with Crippen molar-refractivity contribution in [2.24, 2.45) is 0 Å². The van der Waals surface area contributed by atoms with Crippen LogP contribution in [0.25, 0.3) is 0 Å². The van der Waals surface area contributed by atoms with Gasteiger partial charge in [0.15, 0.2) is 0 Å². The summed E-state index contributed by atoms with van der Waals surface area (Å²) in [6, 6.07) is 7.76. The van der Waals surface area contributed by atoms with Crippen molar-refractivity contribution in [1.82, 2.24) is 5.32 Å². The molecule has 1 aliphatic carbocycles. The predicted octanol–water partition coefficient (Wildman–Crippen LogP) is 3.66. The average Bonchev–Trinajstić information content (AvgIpc) is 2.96. The van der Waals surface area contributed by atoms with Crippen LogP contribution in [0.2, 0.25) is 0 Å². The van der Waals surface area contributed by atoms with E-state index in [1.807, 2.05) is 24.3 Å². The quantitative estimate of drug-likeness (QED) is 0.925. The van der Waals surface area contributed by atoms with Crippen molar-refractivity contribution >= 4 is 17.5 Å². The lowest BCUT2D eigenvalue weighted by atomic mass is 9.96. The molecule has 0 bridgehead atoms. The zero-order chi connectivity index (χ0) is 16.1. The molecule has 2 fully saturated rings. The minimum Gasteiger partial charge on any atom is -0.349 e. The van der Waals surface area contributed by atoms with E-state index >= 15 is 0 Å². The third kappa shape index (κ3) is 4.12. The first-order chi connectivity index (χ1) is 11.2. The van der Waals surface area contributed by atoms with Gasteiger partial charge in [0, 0.05) is 30.3 Å². The second-order valence-corrected chi connectivity index (χ2v) is 6.71. The van der Waals surface area contributed by atoms with Gasteiger partial charge >= 0.3 is 0 Å². The standard InChI is InChI=1S/C19H26N2O2/c22-18-12-7-13-21(18)17-11-6-8-15(14-17)19(23)20-16-9-4-2-1-3-5-10-16/h6,8,11,14,16H,1-5,7,9-10,12-13H2,(H,20,23). The molecular formula is C19H26N2O2. The molecule has 4 nitrogen and oxygen atoms in total. The fourth-order valence-corrected chi connectivity index (χ4v) is 3.61. The number of rotatable bonds is 3. The number of hydrogen-bond donors (Lipinski definition) is 1. The van der Waals surface area contributed by atoms with Gasteiger partial charge in [-0.25, -0.2) is 0 Å². The van der Waals surface area contributed by atoms with Gasteiger partial charge in [-0.05, 0) is 37.5 Å². The van der Waals surface area contributed by atoms with Crippen molar-refractivity contribution in [2.75, 3.05) is 11.4 Å². The molecule has 1 aliphatic heterocycles. The lowest BCUT2D eigenvalue weighted by molar-refractivity contribution is -0.117. The van der Waals surface area contributed by atoms with E-state index in [4.69, 9.17) is 0 Å². The first-order valence-corrected chi connectivity index (χ1v) is 8.95. The van der Waals surface area contributed by atoms with Gasteiger partial charge in [-0.1, -0.05) is 38.2 Å². The van der Waals surface area contributed by atoms with Crippen LogP contribution in [0.5, 0.6) is 0 Å². The number of anilines is 1. The van der Waals surface area contributed by atoms with Gasteiger partial charge < -0.3 is 10.2 Å². The molecule has 124 valence electrons. The summed E-state index contributed by atoms with van der Waals surface area (Å²) in [5, 5.41) is 3.19. The normalized spacial score (nSPS) is 20.2. The third-order valence-corrected chi connectivity index (χ3v) is 4.93. The van der Waals surface area contributed by atoms with E-state index in [0.29, 0.717) is 18.0 Å². The Morgan fingerprint density at radius 2 is 1.78 bits per heavy atom. The highest BCUT2D eigenvalue weighted by atomic mass is 16.2. The van der Waals surface area contributed by atoms with Crippen molar-refractivity contribution in [2.45, 2.75) is 63.8 Å². The molecule has 1 saturated heterocycles. The number of benzene rings is 1. The monoisotopic (exact) mass is 314 g/mol. The molecule has 1 saturated carbocycles. The van der Waals surface area contributed by atoms with Crippen LogP contribution in [0.15, 0.2) is 24.3 Å². The average molecular weight is 314 g/mol. The van der Waals surface area contributed by atoms with Crippen LogP contribution < -0.4 is 10.2 Å². The molecule has 1 heterocycles. The molecule has 0 aromatic heterocycles. The van der Waals surface area contributed by atoms with Crippen molar-refractivity contribution in [3.8, 4) is 0 Å². The maximum absolute atomic E-state index is 12.5. The van der Waals surface area contributed by atoms with Gasteiger partial charge in [-0.15, -0.1) is 0 Å². The summed E-state index contributed by atoms with van der Waals surface area (Å²) >= 11 is 0. The number of nitrogens with zero attached hydrogens (tertiary/aromatic N) is 1. The minimum absolute atomic E-state index is 0.0101. The van der Waals surface area contributed by atoms with E-state index in [0.717, 1.165) is 31.5 Å². The summed E-state index contributed by atoms with van der Waals surface area (Å²) < 4.78 is 0. The summed E-state index contributed by atoms with van der Waals surface area (Å²) in [5.74, 6) is 0.145. The van der Waals surface area contributed by atoms with Crippen molar-refractivity contribution in [3.63, 3.8) is 0 Å². The number of hydrogen-bond acceptors (Lipinski definition) is 2. The topological polar surface area (TPSA) is 49.4 Å². The highest BCUT2D eigenvalue weighted by Crippen LogP contribution is 2.23. The number of carbonyl (C=O) groups is 2. The van der Waals surface area contributed by atoms with E-state index in [1.54, 1.807) is 4.90 Å². The van der Waals surface area contributed by atoms with Crippen LogP contribution in [0.1, 0.15) is 68.1 Å².